The zero-order chi connectivity index (χ0) is 17.1. The molecule has 2 aromatic heterocycles. The molecule has 3 rings (SSSR count). The Morgan fingerprint density at radius 3 is 2.54 bits per heavy atom. The first-order valence-electron chi connectivity index (χ1n) is 7.60. The molecule has 2 heterocycles. The number of rotatable bonds is 5. The number of anilines is 2. The first-order chi connectivity index (χ1) is 11.6. The van der Waals surface area contributed by atoms with E-state index in [1.165, 1.54) is 0 Å². The highest BCUT2D eigenvalue weighted by Crippen LogP contribution is 2.26. The maximum atomic E-state index is 10.9. The third-order valence-corrected chi connectivity index (χ3v) is 3.70. The number of carboxylic acid groups (broad SMARTS) is 1. The number of aryl methyl sites for hydroxylation is 1. The van der Waals surface area contributed by atoms with Gasteiger partial charge in [0, 0.05) is 16.9 Å². The van der Waals surface area contributed by atoms with Crippen LogP contribution in [0.25, 0.3) is 11.6 Å². The Morgan fingerprint density at radius 2 is 1.96 bits per heavy atom. The standard InChI is InChI=1S/C18H17N3O3/c1-3-14-11(2)19-17(15-5-4-10-24-15)21-16(14)20-13-8-6-12(7-9-13)18(22)23/h4-10H,3H2,1-2H3,(H,22,23)(H,19,20,21). The van der Waals surface area contributed by atoms with E-state index in [1.807, 2.05) is 19.9 Å². The minimum absolute atomic E-state index is 0.242. The Bertz CT molecular complexity index is 856. The van der Waals surface area contributed by atoms with Crippen LogP contribution in [0.15, 0.2) is 47.1 Å². The molecule has 0 aliphatic rings. The molecule has 6 nitrogen and oxygen atoms in total. The lowest BCUT2D eigenvalue weighted by atomic mass is 10.1. The van der Waals surface area contributed by atoms with Crippen molar-refractivity contribution in [2.75, 3.05) is 5.32 Å². The molecule has 122 valence electrons. The highest BCUT2D eigenvalue weighted by atomic mass is 16.4. The van der Waals surface area contributed by atoms with Crippen molar-refractivity contribution in [1.29, 1.82) is 0 Å². The lowest BCUT2D eigenvalue weighted by molar-refractivity contribution is 0.0697. The van der Waals surface area contributed by atoms with Gasteiger partial charge >= 0.3 is 5.97 Å². The van der Waals surface area contributed by atoms with Gasteiger partial charge in [-0.05, 0) is 49.7 Å². The van der Waals surface area contributed by atoms with Crippen LogP contribution >= 0.6 is 0 Å². The highest BCUT2D eigenvalue weighted by Gasteiger charge is 2.13. The Kier molecular flexibility index (Phi) is 4.29. The van der Waals surface area contributed by atoms with Gasteiger partial charge in [-0.2, -0.15) is 0 Å². The van der Waals surface area contributed by atoms with Crippen LogP contribution in [0.2, 0.25) is 0 Å². The first-order valence-corrected chi connectivity index (χ1v) is 7.60. The van der Waals surface area contributed by atoms with E-state index in [9.17, 15) is 4.79 Å². The first kappa shape index (κ1) is 15.7. The van der Waals surface area contributed by atoms with Crippen LogP contribution in [-0.4, -0.2) is 21.0 Å². The second-order valence-electron chi connectivity index (χ2n) is 5.30. The molecule has 0 saturated carbocycles. The van der Waals surface area contributed by atoms with Crippen LogP contribution in [0, 0.1) is 6.92 Å². The number of aromatic carboxylic acids is 1. The fourth-order valence-electron chi connectivity index (χ4n) is 2.47. The molecular formula is C18H17N3O3. The number of nitrogens with one attached hydrogen (secondary N) is 1. The van der Waals surface area contributed by atoms with Crippen molar-refractivity contribution < 1.29 is 14.3 Å². The molecule has 0 bridgehead atoms. The number of nitrogens with zero attached hydrogens (tertiary/aromatic N) is 2. The lowest BCUT2D eigenvalue weighted by Crippen LogP contribution is -2.05. The van der Waals surface area contributed by atoms with Gasteiger partial charge in [0.2, 0.25) is 0 Å². The van der Waals surface area contributed by atoms with E-state index >= 15 is 0 Å². The molecule has 0 unspecified atom stereocenters. The van der Waals surface area contributed by atoms with Crippen LogP contribution in [0.4, 0.5) is 11.5 Å². The molecule has 1 aromatic carbocycles. The van der Waals surface area contributed by atoms with Gasteiger partial charge in [0.05, 0.1) is 11.8 Å². The average Bonchev–Trinajstić information content (AvgIpc) is 3.09. The van der Waals surface area contributed by atoms with Crippen LogP contribution in [0.5, 0.6) is 0 Å². The summed E-state index contributed by atoms with van der Waals surface area (Å²) in [4.78, 5) is 20.0. The monoisotopic (exact) mass is 323 g/mol. The summed E-state index contributed by atoms with van der Waals surface area (Å²) < 4.78 is 5.38. The fraction of sp³-hybridized carbons (Fsp3) is 0.167. The van der Waals surface area contributed by atoms with Crippen LogP contribution in [0.1, 0.15) is 28.5 Å². The molecule has 0 aliphatic carbocycles. The molecule has 6 heteroatoms. The number of benzene rings is 1. The second-order valence-corrected chi connectivity index (χ2v) is 5.30. The largest absolute Gasteiger partial charge is 0.478 e. The van der Waals surface area contributed by atoms with Crippen molar-refractivity contribution in [3.05, 3.63) is 59.5 Å². The van der Waals surface area contributed by atoms with Crippen molar-refractivity contribution in [2.45, 2.75) is 20.3 Å². The summed E-state index contributed by atoms with van der Waals surface area (Å²) in [6, 6.07) is 10.1. The SMILES string of the molecule is CCc1c(C)nc(-c2ccco2)nc1Nc1ccc(C(=O)O)cc1. The smallest absolute Gasteiger partial charge is 0.335 e. The molecule has 0 atom stereocenters. The Labute approximate surface area is 139 Å². The van der Waals surface area contributed by atoms with Crippen molar-refractivity contribution in [3.8, 4) is 11.6 Å². The third kappa shape index (κ3) is 3.12. The number of hydrogen-bond donors (Lipinski definition) is 2. The summed E-state index contributed by atoms with van der Waals surface area (Å²) in [6.07, 6.45) is 2.36. The fourth-order valence-corrected chi connectivity index (χ4v) is 2.47. The van der Waals surface area contributed by atoms with E-state index in [-0.39, 0.29) is 5.56 Å². The molecule has 0 fully saturated rings. The summed E-state index contributed by atoms with van der Waals surface area (Å²) in [5.41, 5.74) is 2.89. The van der Waals surface area contributed by atoms with E-state index in [4.69, 9.17) is 9.52 Å². The Hall–Kier alpha value is -3.15. The zero-order valence-electron chi connectivity index (χ0n) is 13.4. The maximum Gasteiger partial charge on any atom is 0.335 e. The molecule has 0 radical (unpaired) electrons. The summed E-state index contributed by atoms with van der Waals surface area (Å²) >= 11 is 0. The lowest BCUT2D eigenvalue weighted by Gasteiger charge is -2.13. The number of aromatic nitrogens is 2. The third-order valence-electron chi connectivity index (χ3n) is 3.70. The van der Waals surface area contributed by atoms with Gasteiger partial charge in [0.15, 0.2) is 11.6 Å². The van der Waals surface area contributed by atoms with Gasteiger partial charge in [-0.1, -0.05) is 6.92 Å². The second kappa shape index (κ2) is 6.54. The summed E-state index contributed by atoms with van der Waals surface area (Å²) in [5, 5.41) is 12.2. The minimum Gasteiger partial charge on any atom is -0.478 e. The molecule has 0 amide bonds. The summed E-state index contributed by atoms with van der Waals surface area (Å²) in [7, 11) is 0. The van der Waals surface area contributed by atoms with E-state index in [0.29, 0.717) is 17.4 Å². The number of furan rings is 1. The van der Waals surface area contributed by atoms with Crippen LogP contribution in [0.3, 0.4) is 0 Å². The van der Waals surface area contributed by atoms with E-state index < -0.39 is 5.97 Å². The van der Waals surface area contributed by atoms with Gasteiger partial charge in [-0.3, -0.25) is 0 Å². The predicted molar refractivity (Wildman–Crippen MR) is 90.5 cm³/mol. The predicted octanol–water partition coefficient (Wildman–Crippen LogP) is 4.05. The maximum absolute atomic E-state index is 10.9. The zero-order valence-corrected chi connectivity index (χ0v) is 13.4. The minimum atomic E-state index is -0.950. The van der Waals surface area contributed by atoms with Gasteiger partial charge < -0.3 is 14.8 Å². The number of carbonyl (C=O) groups is 1. The van der Waals surface area contributed by atoms with Gasteiger partial charge in [0.1, 0.15) is 5.82 Å². The van der Waals surface area contributed by atoms with Crippen molar-refractivity contribution in [2.24, 2.45) is 0 Å². The Balaban J connectivity index is 1.98. The summed E-state index contributed by atoms with van der Waals surface area (Å²) in [5.74, 6) is 0.859. The van der Waals surface area contributed by atoms with Crippen LogP contribution in [-0.2, 0) is 6.42 Å². The van der Waals surface area contributed by atoms with Gasteiger partial charge in [-0.15, -0.1) is 0 Å². The van der Waals surface area contributed by atoms with E-state index in [0.717, 1.165) is 23.4 Å². The quantitative estimate of drug-likeness (QED) is 0.736. The number of hydrogen-bond acceptors (Lipinski definition) is 5. The molecule has 24 heavy (non-hydrogen) atoms. The van der Waals surface area contributed by atoms with Crippen molar-refractivity contribution >= 4 is 17.5 Å². The average molecular weight is 323 g/mol. The Morgan fingerprint density at radius 1 is 1.21 bits per heavy atom. The topological polar surface area (TPSA) is 88.3 Å². The van der Waals surface area contributed by atoms with E-state index in [1.54, 1.807) is 36.6 Å². The summed E-state index contributed by atoms with van der Waals surface area (Å²) in [6.45, 7) is 3.97. The molecule has 0 spiro atoms. The van der Waals surface area contributed by atoms with Gasteiger partial charge in [-0.25, -0.2) is 14.8 Å². The van der Waals surface area contributed by atoms with Gasteiger partial charge in [0.25, 0.3) is 0 Å². The normalized spacial score (nSPS) is 10.6. The van der Waals surface area contributed by atoms with Crippen LogP contribution < -0.4 is 5.32 Å². The van der Waals surface area contributed by atoms with Crippen molar-refractivity contribution in [3.63, 3.8) is 0 Å². The number of carboxylic acids is 1. The molecule has 3 aromatic rings. The van der Waals surface area contributed by atoms with Crippen molar-refractivity contribution in [1.82, 2.24) is 9.97 Å². The molecule has 0 aliphatic heterocycles. The van der Waals surface area contributed by atoms with E-state index in [2.05, 4.69) is 15.3 Å². The molecule has 2 N–H and O–H groups in total. The highest BCUT2D eigenvalue weighted by molar-refractivity contribution is 5.88. The molecular weight excluding hydrogens is 306 g/mol. The molecule has 0 saturated heterocycles.